The molecule has 0 saturated carbocycles. The Hall–Kier alpha value is -1.06. The summed E-state index contributed by atoms with van der Waals surface area (Å²) in [5.74, 6) is -0.787. The lowest BCUT2D eigenvalue weighted by Gasteiger charge is -2.12. The first-order valence-corrected chi connectivity index (χ1v) is 4.12. The quantitative estimate of drug-likeness (QED) is 0.616. The predicted octanol–water partition coefficient (Wildman–Crippen LogP) is 3.55. The number of alkyl halides is 3. The van der Waals surface area contributed by atoms with Gasteiger partial charge in [0.05, 0.1) is 6.42 Å². The van der Waals surface area contributed by atoms with E-state index in [9.17, 15) is 17.6 Å². The molecular weight excluding hydrogens is 196 g/mol. The summed E-state index contributed by atoms with van der Waals surface area (Å²) < 4.78 is 49.3. The van der Waals surface area contributed by atoms with Crippen LogP contribution in [0.3, 0.4) is 0 Å². The summed E-state index contributed by atoms with van der Waals surface area (Å²) in [5, 5.41) is 0. The van der Waals surface area contributed by atoms with Crippen LogP contribution in [0, 0.1) is 19.7 Å². The van der Waals surface area contributed by atoms with E-state index < -0.39 is 18.4 Å². The van der Waals surface area contributed by atoms with Crippen LogP contribution in [0.4, 0.5) is 17.6 Å². The molecule has 0 spiro atoms. The van der Waals surface area contributed by atoms with Gasteiger partial charge in [0, 0.05) is 0 Å². The fourth-order valence-corrected chi connectivity index (χ4v) is 1.26. The van der Waals surface area contributed by atoms with Crippen LogP contribution in [0.2, 0.25) is 0 Å². The Balaban J connectivity index is 3.13. The average molecular weight is 206 g/mol. The Morgan fingerprint density at radius 1 is 1.14 bits per heavy atom. The molecule has 0 N–H and O–H groups in total. The molecule has 0 fully saturated rings. The lowest BCUT2D eigenvalue weighted by Crippen LogP contribution is -2.14. The third kappa shape index (κ3) is 2.47. The van der Waals surface area contributed by atoms with E-state index >= 15 is 0 Å². The number of hydrogen-bond acceptors (Lipinski definition) is 0. The number of hydrogen-bond donors (Lipinski definition) is 0. The van der Waals surface area contributed by atoms with Gasteiger partial charge in [0.15, 0.2) is 0 Å². The van der Waals surface area contributed by atoms with Crippen molar-refractivity contribution in [1.82, 2.24) is 0 Å². The molecule has 0 nitrogen and oxygen atoms in total. The SMILES string of the molecule is Cc1ccc(F)c(CC(F)(F)F)c1C. The molecule has 1 aromatic carbocycles. The Kier molecular flexibility index (Phi) is 2.83. The van der Waals surface area contributed by atoms with E-state index in [0.29, 0.717) is 11.1 Å². The maximum absolute atomic E-state index is 13.1. The van der Waals surface area contributed by atoms with Crippen molar-refractivity contribution in [3.63, 3.8) is 0 Å². The van der Waals surface area contributed by atoms with Gasteiger partial charge < -0.3 is 0 Å². The number of aryl methyl sites for hydroxylation is 1. The summed E-state index contributed by atoms with van der Waals surface area (Å²) in [5.41, 5.74) is 0.797. The molecule has 0 amide bonds. The molecule has 0 saturated heterocycles. The molecule has 1 rings (SSSR count). The van der Waals surface area contributed by atoms with E-state index in [0.717, 1.165) is 6.07 Å². The Morgan fingerprint density at radius 2 is 1.71 bits per heavy atom. The van der Waals surface area contributed by atoms with Crippen molar-refractivity contribution < 1.29 is 17.6 Å². The first-order chi connectivity index (χ1) is 6.31. The lowest BCUT2D eigenvalue weighted by atomic mass is 10.0. The van der Waals surface area contributed by atoms with Gasteiger partial charge in [-0.3, -0.25) is 0 Å². The zero-order valence-corrected chi connectivity index (χ0v) is 7.87. The second-order valence-corrected chi connectivity index (χ2v) is 3.26. The van der Waals surface area contributed by atoms with Gasteiger partial charge in [0.1, 0.15) is 5.82 Å². The molecule has 78 valence electrons. The largest absolute Gasteiger partial charge is 0.393 e. The average Bonchev–Trinajstić information content (AvgIpc) is 2.04. The molecule has 1 aromatic rings. The molecular formula is C10H10F4. The smallest absolute Gasteiger partial charge is 0.207 e. The van der Waals surface area contributed by atoms with Gasteiger partial charge in [-0.15, -0.1) is 0 Å². The Bertz CT molecular complexity index is 339. The van der Waals surface area contributed by atoms with E-state index in [1.54, 1.807) is 6.92 Å². The van der Waals surface area contributed by atoms with Crippen LogP contribution in [-0.4, -0.2) is 6.18 Å². The standard InChI is InChI=1S/C10H10F4/c1-6-3-4-9(11)8(7(6)2)5-10(12,13)14/h3-4H,5H2,1-2H3. The first-order valence-electron chi connectivity index (χ1n) is 4.12. The van der Waals surface area contributed by atoms with Crippen molar-refractivity contribution in [3.8, 4) is 0 Å². The summed E-state index contributed by atoms with van der Waals surface area (Å²) in [6.45, 7) is 3.16. The van der Waals surface area contributed by atoms with E-state index in [1.165, 1.54) is 13.0 Å². The highest BCUT2D eigenvalue weighted by atomic mass is 19.4. The number of rotatable bonds is 1. The summed E-state index contributed by atoms with van der Waals surface area (Å²) >= 11 is 0. The molecule has 0 aliphatic heterocycles. The second-order valence-electron chi connectivity index (χ2n) is 3.26. The molecule has 0 unspecified atom stereocenters. The summed E-state index contributed by atoms with van der Waals surface area (Å²) in [6, 6.07) is 2.55. The minimum atomic E-state index is -4.36. The third-order valence-corrected chi connectivity index (χ3v) is 2.19. The summed E-state index contributed by atoms with van der Waals surface area (Å²) in [4.78, 5) is 0. The van der Waals surface area contributed by atoms with Gasteiger partial charge in [0.2, 0.25) is 0 Å². The molecule has 0 bridgehead atoms. The van der Waals surface area contributed by atoms with Crippen LogP contribution >= 0.6 is 0 Å². The molecule has 0 radical (unpaired) electrons. The molecule has 0 aromatic heterocycles. The molecule has 0 aliphatic rings. The Morgan fingerprint density at radius 3 is 2.21 bits per heavy atom. The van der Waals surface area contributed by atoms with Crippen molar-refractivity contribution in [2.45, 2.75) is 26.4 Å². The van der Waals surface area contributed by atoms with Crippen molar-refractivity contribution in [1.29, 1.82) is 0 Å². The maximum atomic E-state index is 13.1. The van der Waals surface area contributed by atoms with Crippen LogP contribution in [0.25, 0.3) is 0 Å². The second kappa shape index (κ2) is 3.59. The third-order valence-electron chi connectivity index (χ3n) is 2.19. The molecule has 0 aliphatic carbocycles. The van der Waals surface area contributed by atoms with Crippen LogP contribution in [0.15, 0.2) is 12.1 Å². The van der Waals surface area contributed by atoms with Gasteiger partial charge >= 0.3 is 6.18 Å². The minimum Gasteiger partial charge on any atom is -0.207 e. The number of halogens is 4. The van der Waals surface area contributed by atoms with E-state index in [2.05, 4.69) is 0 Å². The zero-order valence-electron chi connectivity index (χ0n) is 7.87. The zero-order chi connectivity index (χ0) is 10.9. The first kappa shape index (κ1) is 11.0. The maximum Gasteiger partial charge on any atom is 0.393 e. The molecule has 0 atom stereocenters. The van der Waals surface area contributed by atoms with Crippen LogP contribution in [0.5, 0.6) is 0 Å². The minimum absolute atomic E-state index is 0.252. The van der Waals surface area contributed by atoms with Gasteiger partial charge in [-0.25, -0.2) is 4.39 Å². The monoisotopic (exact) mass is 206 g/mol. The molecule has 0 heterocycles. The van der Waals surface area contributed by atoms with E-state index in [-0.39, 0.29) is 5.56 Å². The predicted molar refractivity (Wildman–Crippen MR) is 45.6 cm³/mol. The normalized spacial score (nSPS) is 11.9. The van der Waals surface area contributed by atoms with Crippen molar-refractivity contribution in [3.05, 3.63) is 34.6 Å². The van der Waals surface area contributed by atoms with Crippen LogP contribution in [-0.2, 0) is 6.42 Å². The van der Waals surface area contributed by atoms with Gasteiger partial charge in [-0.05, 0) is 36.6 Å². The fourth-order valence-electron chi connectivity index (χ4n) is 1.26. The highest BCUT2D eigenvalue weighted by Gasteiger charge is 2.30. The highest BCUT2D eigenvalue weighted by molar-refractivity contribution is 5.34. The van der Waals surface area contributed by atoms with Crippen LogP contribution < -0.4 is 0 Å². The summed E-state index contributed by atoms with van der Waals surface area (Å²) in [6.07, 6.45) is -5.56. The van der Waals surface area contributed by atoms with E-state index in [1.807, 2.05) is 0 Å². The topological polar surface area (TPSA) is 0 Å². The van der Waals surface area contributed by atoms with Crippen molar-refractivity contribution in [2.75, 3.05) is 0 Å². The van der Waals surface area contributed by atoms with Gasteiger partial charge in [0.25, 0.3) is 0 Å². The highest BCUT2D eigenvalue weighted by Crippen LogP contribution is 2.26. The molecule has 14 heavy (non-hydrogen) atoms. The van der Waals surface area contributed by atoms with Crippen molar-refractivity contribution in [2.24, 2.45) is 0 Å². The van der Waals surface area contributed by atoms with Gasteiger partial charge in [-0.2, -0.15) is 13.2 Å². The number of benzene rings is 1. The van der Waals surface area contributed by atoms with Gasteiger partial charge in [-0.1, -0.05) is 6.07 Å². The van der Waals surface area contributed by atoms with Crippen molar-refractivity contribution >= 4 is 0 Å². The Labute approximate surface area is 79.6 Å². The fraction of sp³-hybridized carbons (Fsp3) is 0.400. The van der Waals surface area contributed by atoms with Crippen LogP contribution in [0.1, 0.15) is 16.7 Å². The summed E-state index contributed by atoms with van der Waals surface area (Å²) in [7, 11) is 0. The molecule has 4 heteroatoms. The lowest BCUT2D eigenvalue weighted by molar-refractivity contribution is -0.127. The van der Waals surface area contributed by atoms with E-state index in [4.69, 9.17) is 0 Å².